The van der Waals surface area contributed by atoms with Gasteiger partial charge in [-0.3, -0.25) is 19.9 Å². The molecule has 0 bridgehead atoms. The molecule has 0 aromatic carbocycles. The summed E-state index contributed by atoms with van der Waals surface area (Å²) in [4.78, 5) is 26.3. The van der Waals surface area contributed by atoms with Crippen molar-refractivity contribution in [3.8, 4) is 0 Å². The number of piperazine rings is 1. The Balaban J connectivity index is 2.01. The van der Waals surface area contributed by atoms with Crippen LogP contribution in [0.2, 0.25) is 0 Å². The average Bonchev–Trinajstić information content (AvgIpc) is 2.38. The highest BCUT2D eigenvalue weighted by atomic mass is 16.2. The second-order valence-electron chi connectivity index (χ2n) is 4.73. The second kappa shape index (κ2) is 8.05. The van der Waals surface area contributed by atoms with Crippen molar-refractivity contribution in [1.29, 1.82) is 0 Å². The number of unbranched alkanes of at least 4 members (excludes halogenated alkanes) is 2. The van der Waals surface area contributed by atoms with Crippen LogP contribution >= 0.6 is 0 Å². The summed E-state index contributed by atoms with van der Waals surface area (Å²) in [6.45, 7) is 6.27. The van der Waals surface area contributed by atoms with Crippen molar-refractivity contribution in [2.75, 3.05) is 32.7 Å². The summed E-state index contributed by atoms with van der Waals surface area (Å²) < 4.78 is 0. The zero-order valence-electron chi connectivity index (χ0n) is 11.2. The van der Waals surface area contributed by atoms with Crippen LogP contribution in [-0.4, -0.2) is 54.3 Å². The van der Waals surface area contributed by atoms with E-state index in [0.29, 0.717) is 6.42 Å². The Morgan fingerprint density at radius 3 is 2.33 bits per heavy atom. The minimum absolute atomic E-state index is 0.0925. The van der Waals surface area contributed by atoms with Crippen LogP contribution in [0, 0.1) is 0 Å². The SMILES string of the molecule is CC(=O)N1CCN(CCCCCC(=O)NN)CC1. The maximum Gasteiger partial charge on any atom is 0.233 e. The van der Waals surface area contributed by atoms with E-state index in [1.165, 1.54) is 0 Å². The van der Waals surface area contributed by atoms with Crippen molar-refractivity contribution in [3.05, 3.63) is 0 Å². The molecule has 6 heteroatoms. The van der Waals surface area contributed by atoms with Gasteiger partial charge in [-0.2, -0.15) is 0 Å². The predicted octanol–water partition coefficient (Wildman–Crippen LogP) is -0.299. The zero-order chi connectivity index (χ0) is 13.4. The standard InChI is InChI=1S/C12H24N4O2/c1-11(17)16-9-7-15(8-10-16)6-4-2-3-5-12(18)14-13/h2-10,13H2,1H3,(H,14,18). The molecule has 1 rings (SSSR count). The molecule has 0 unspecified atom stereocenters. The van der Waals surface area contributed by atoms with Gasteiger partial charge in [0, 0.05) is 39.5 Å². The number of hydrogen-bond acceptors (Lipinski definition) is 4. The van der Waals surface area contributed by atoms with E-state index in [1.54, 1.807) is 6.92 Å². The summed E-state index contributed by atoms with van der Waals surface area (Å²) in [5.74, 6) is 5.08. The van der Waals surface area contributed by atoms with Gasteiger partial charge in [0.05, 0.1) is 0 Å². The van der Waals surface area contributed by atoms with Crippen LogP contribution in [0.3, 0.4) is 0 Å². The van der Waals surface area contributed by atoms with Crippen molar-refractivity contribution in [2.45, 2.75) is 32.6 Å². The molecule has 18 heavy (non-hydrogen) atoms. The van der Waals surface area contributed by atoms with E-state index in [-0.39, 0.29) is 11.8 Å². The summed E-state index contributed by atoms with van der Waals surface area (Å²) in [5, 5.41) is 0. The van der Waals surface area contributed by atoms with Crippen molar-refractivity contribution >= 4 is 11.8 Å². The van der Waals surface area contributed by atoms with Gasteiger partial charge in [-0.25, -0.2) is 5.84 Å². The molecule has 0 atom stereocenters. The highest BCUT2D eigenvalue weighted by Crippen LogP contribution is 2.06. The first-order valence-electron chi connectivity index (χ1n) is 6.61. The largest absolute Gasteiger partial charge is 0.340 e. The lowest BCUT2D eigenvalue weighted by Gasteiger charge is -2.34. The van der Waals surface area contributed by atoms with Crippen LogP contribution < -0.4 is 11.3 Å². The minimum atomic E-state index is -0.0925. The van der Waals surface area contributed by atoms with E-state index >= 15 is 0 Å². The number of rotatable bonds is 6. The van der Waals surface area contributed by atoms with Gasteiger partial charge in [-0.1, -0.05) is 6.42 Å². The smallest absolute Gasteiger partial charge is 0.233 e. The highest BCUT2D eigenvalue weighted by molar-refractivity contribution is 5.75. The Morgan fingerprint density at radius 2 is 1.78 bits per heavy atom. The lowest BCUT2D eigenvalue weighted by Crippen LogP contribution is -2.48. The molecule has 3 N–H and O–H groups in total. The average molecular weight is 256 g/mol. The number of nitrogens with one attached hydrogen (secondary N) is 1. The van der Waals surface area contributed by atoms with Crippen molar-refractivity contribution < 1.29 is 9.59 Å². The molecule has 2 amide bonds. The number of hydrogen-bond donors (Lipinski definition) is 2. The molecule has 104 valence electrons. The van der Waals surface area contributed by atoms with E-state index in [0.717, 1.165) is 52.0 Å². The van der Waals surface area contributed by atoms with E-state index in [2.05, 4.69) is 10.3 Å². The summed E-state index contributed by atoms with van der Waals surface area (Å²) in [6.07, 6.45) is 3.53. The van der Waals surface area contributed by atoms with Gasteiger partial charge in [-0.15, -0.1) is 0 Å². The van der Waals surface area contributed by atoms with E-state index < -0.39 is 0 Å². The van der Waals surface area contributed by atoms with Crippen LogP contribution in [0.1, 0.15) is 32.6 Å². The molecule has 0 spiro atoms. The summed E-state index contributed by atoms with van der Waals surface area (Å²) in [7, 11) is 0. The monoisotopic (exact) mass is 256 g/mol. The highest BCUT2D eigenvalue weighted by Gasteiger charge is 2.17. The lowest BCUT2D eigenvalue weighted by molar-refractivity contribution is -0.130. The topological polar surface area (TPSA) is 78.7 Å². The molecule has 0 aromatic heterocycles. The summed E-state index contributed by atoms with van der Waals surface area (Å²) in [6, 6.07) is 0. The quantitative estimate of drug-likeness (QED) is 0.296. The molecule has 1 fully saturated rings. The minimum Gasteiger partial charge on any atom is -0.340 e. The molecule has 0 saturated carbocycles. The molecule has 1 aliphatic rings. The first kappa shape index (κ1) is 14.9. The maximum absolute atomic E-state index is 11.2. The third-order valence-electron chi connectivity index (χ3n) is 3.36. The predicted molar refractivity (Wildman–Crippen MR) is 69.5 cm³/mol. The lowest BCUT2D eigenvalue weighted by atomic mass is 10.1. The molecule has 0 aliphatic carbocycles. The van der Waals surface area contributed by atoms with E-state index in [9.17, 15) is 9.59 Å². The first-order chi connectivity index (χ1) is 8.63. The number of amides is 2. The summed E-state index contributed by atoms with van der Waals surface area (Å²) in [5.41, 5.74) is 2.13. The Morgan fingerprint density at radius 1 is 1.11 bits per heavy atom. The van der Waals surface area contributed by atoms with Crippen LogP contribution in [0.25, 0.3) is 0 Å². The van der Waals surface area contributed by atoms with Crippen LogP contribution in [-0.2, 0) is 9.59 Å². The molecule has 0 radical (unpaired) electrons. The third kappa shape index (κ3) is 5.46. The molecule has 0 aromatic rings. The van der Waals surface area contributed by atoms with Gasteiger partial charge in [-0.05, 0) is 19.4 Å². The van der Waals surface area contributed by atoms with Gasteiger partial charge in [0.25, 0.3) is 0 Å². The fraction of sp³-hybridized carbons (Fsp3) is 0.833. The van der Waals surface area contributed by atoms with E-state index in [4.69, 9.17) is 5.84 Å². The number of carbonyl (C=O) groups excluding carboxylic acids is 2. The number of nitrogens with zero attached hydrogens (tertiary/aromatic N) is 2. The molecule has 1 saturated heterocycles. The summed E-state index contributed by atoms with van der Waals surface area (Å²) >= 11 is 0. The van der Waals surface area contributed by atoms with Crippen molar-refractivity contribution in [3.63, 3.8) is 0 Å². The number of carbonyl (C=O) groups is 2. The fourth-order valence-electron chi connectivity index (χ4n) is 2.16. The molecule has 1 aliphatic heterocycles. The number of nitrogens with two attached hydrogens (primary N) is 1. The van der Waals surface area contributed by atoms with Gasteiger partial charge in [0.2, 0.25) is 11.8 Å². The molecule has 6 nitrogen and oxygen atoms in total. The van der Waals surface area contributed by atoms with Crippen molar-refractivity contribution in [1.82, 2.24) is 15.2 Å². The Kier molecular flexibility index (Phi) is 6.67. The van der Waals surface area contributed by atoms with Gasteiger partial charge in [0.1, 0.15) is 0 Å². The Bertz CT molecular complexity index is 275. The fourth-order valence-corrected chi connectivity index (χ4v) is 2.16. The van der Waals surface area contributed by atoms with Crippen LogP contribution in [0.5, 0.6) is 0 Å². The van der Waals surface area contributed by atoms with Gasteiger partial charge >= 0.3 is 0 Å². The Hall–Kier alpha value is -1.14. The molecular formula is C12H24N4O2. The molecule has 1 heterocycles. The van der Waals surface area contributed by atoms with Gasteiger partial charge in [0.15, 0.2) is 0 Å². The van der Waals surface area contributed by atoms with Crippen LogP contribution in [0.15, 0.2) is 0 Å². The van der Waals surface area contributed by atoms with Crippen molar-refractivity contribution in [2.24, 2.45) is 5.84 Å². The number of hydrazine groups is 1. The zero-order valence-corrected chi connectivity index (χ0v) is 11.2. The molecular weight excluding hydrogens is 232 g/mol. The Labute approximate surface area is 108 Å². The van der Waals surface area contributed by atoms with Gasteiger partial charge < -0.3 is 4.90 Å². The van der Waals surface area contributed by atoms with E-state index in [1.807, 2.05) is 4.90 Å². The third-order valence-corrected chi connectivity index (χ3v) is 3.36. The normalized spacial score (nSPS) is 16.7. The maximum atomic E-state index is 11.2. The second-order valence-corrected chi connectivity index (χ2v) is 4.73. The first-order valence-corrected chi connectivity index (χ1v) is 6.61. The van der Waals surface area contributed by atoms with Crippen LogP contribution in [0.4, 0.5) is 0 Å².